The van der Waals surface area contributed by atoms with Crippen molar-refractivity contribution < 1.29 is 17.9 Å². The Morgan fingerprint density at radius 3 is 2.41 bits per heavy atom. The van der Waals surface area contributed by atoms with Crippen molar-refractivity contribution in [1.29, 1.82) is 0 Å². The van der Waals surface area contributed by atoms with Gasteiger partial charge in [0.05, 0.1) is 35.5 Å². The maximum atomic E-state index is 12.4. The summed E-state index contributed by atoms with van der Waals surface area (Å²) in [6.45, 7) is 1.81. The molecule has 8 heteroatoms. The number of nitrogens with one attached hydrogen (secondary N) is 1. The summed E-state index contributed by atoms with van der Waals surface area (Å²) < 4.78 is 33.5. The van der Waals surface area contributed by atoms with Gasteiger partial charge in [-0.2, -0.15) is 5.10 Å². The van der Waals surface area contributed by atoms with Crippen LogP contribution in [0, 0.1) is 6.92 Å². The molecule has 0 fully saturated rings. The fourth-order valence-electron chi connectivity index (χ4n) is 2.64. The molecule has 0 radical (unpaired) electrons. The van der Waals surface area contributed by atoms with Crippen LogP contribution in [-0.4, -0.2) is 31.2 Å². The highest BCUT2D eigenvalue weighted by molar-refractivity contribution is 7.90. The molecule has 0 aliphatic rings. The van der Waals surface area contributed by atoms with Crippen LogP contribution in [0.2, 0.25) is 0 Å². The minimum Gasteiger partial charge on any atom is -0.497 e. The lowest BCUT2D eigenvalue weighted by molar-refractivity contribution is -0.118. The van der Waals surface area contributed by atoms with Crippen molar-refractivity contribution in [1.82, 2.24) is 14.5 Å². The van der Waals surface area contributed by atoms with E-state index in [0.717, 1.165) is 11.4 Å². The molecule has 0 atom stereocenters. The van der Waals surface area contributed by atoms with Gasteiger partial charge < -0.3 is 4.74 Å². The number of amides is 1. The van der Waals surface area contributed by atoms with E-state index in [-0.39, 0.29) is 11.3 Å². The molecule has 1 heterocycles. The predicted molar refractivity (Wildman–Crippen MR) is 100 cm³/mol. The van der Waals surface area contributed by atoms with Gasteiger partial charge in [0.25, 0.3) is 10.0 Å². The molecule has 140 valence electrons. The Morgan fingerprint density at radius 2 is 1.78 bits per heavy atom. The van der Waals surface area contributed by atoms with E-state index in [1.165, 1.54) is 31.4 Å². The smallest absolute Gasteiger partial charge is 0.264 e. The second-order valence-corrected chi connectivity index (χ2v) is 7.59. The molecule has 0 spiro atoms. The summed E-state index contributed by atoms with van der Waals surface area (Å²) in [6.07, 6.45) is -0.120. The summed E-state index contributed by atoms with van der Waals surface area (Å²) in [7, 11) is -2.47. The average Bonchev–Trinajstić information content (AvgIpc) is 3.02. The standard InChI is InChI=1S/C19H19N3O4S/c1-14-12-16(22(20-14)15-6-4-3-5-7-15)13-19(23)21-27(24,25)18-10-8-17(26-2)9-11-18/h3-12H,13H2,1-2H3,(H,21,23). The fraction of sp³-hybridized carbons (Fsp3) is 0.158. The highest BCUT2D eigenvalue weighted by Crippen LogP contribution is 2.16. The number of carbonyl (C=O) groups excluding carboxylic acids is 1. The van der Waals surface area contributed by atoms with Crippen molar-refractivity contribution in [3.8, 4) is 11.4 Å². The molecular formula is C19H19N3O4S. The summed E-state index contributed by atoms with van der Waals surface area (Å²) in [5.41, 5.74) is 2.13. The van der Waals surface area contributed by atoms with Gasteiger partial charge in [-0.3, -0.25) is 4.79 Å². The van der Waals surface area contributed by atoms with Gasteiger partial charge in [-0.25, -0.2) is 17.8 Å². The molecule has 1 aromatic heterocycles. The van der Waals surface area contributed by atoms with E-state index < -0.39 is 15.9 Å². The molecule has 27 heavy (non-hydrogen) atoms. The number of nitrogens with zero attached hydrogens (tertiary/aromatic N) is 2. The molecule has 3 rings (SSSR count). The van der Waals surface area contributed by atoms with Crippen molar-refractivity contribution >= 4 is 15.9 Å². The molecule has 0 saturated heterocycles. The number of hydrogen-bond donors (Lipinski definition) is 1. The van der Waals surface area contributed by atoms with Crippen molar-refractivity contribution in [3.05, 3.63) is 72.1 Å². The first kappa shape index (κ1) is 18.7. The number of para-hydroxylation sites is 1. The highest BCUT2D eigenvalue weighted by atomic mass is 32.2. The molecular weight excluding hydrogens is 366 g/mol. The molecule has 2 aromatic carbocycles. The molecule has 0 bridgehead atoms. The average molecular weight is 385 g/mol. The van der Waals surface area contributed by atoms with Gasteiger partial charge in [0.1, 0.15) is 5.75 Å². The third-order valence-corrected chi connectivity index (χ3v) is 5.25. The number of benzene rings is 2. The highest BCUT2D eigenvalue weighted by Gasteiger charge is 2.19. The van der Waals surface area contributed by atoms with Crippen LogP contribution in [-0.2, 0) is 21.2 Å². The Hall–Kier alpha value is -3.13. The molecule has 0 aliphatic carbocycles. The van der Waals surface area contributed by atoms with Crippen LogP contribution in [0.25, 0.3) is 5.69 Å². The third-order valence-electron chi connectivity index (χ3n) is 3.87. The van der Waals surface area contributed by atoms with Crippen molar-refractivity contribution in [3.63, 3.8) is 0 Å². The van der Waals surface area contributed by atoms with E-state index in [0.29, 0.717) is 11.4 Å². The molecule has 3 aromatic rings. The van der Waals surface area contributed by atoms with Gasteiger partial charge in [-0.15, -0.1) is 0 Å². The second-order valence-electron chi connectivity index (χ2n) is 5.91. The topological polar surface area (TPSA) is 90.3 Å². The molecule has 0 saturated carbocycles. The fourth-order valence-corrected chi connectivity index (χ4v) is 3.62. The Bertz CT molecular complexity index is 1040. The summed E-state index contributed by atoms with van der Waals surface area (Å²) in [5, 5.41) is 4.38. The quantitative estimate of drug-likeness (QED) is 0.703. The van der Waals surface area contributed by atoms with E-state index in [2.05, 4.69) is 9.82 Å². The zero-order valence-electron chi connectivity index (χ0n) is 14.9. The first-order chi connectivity index (χ1) is 12.9. The Balaban J connectivity index is 1.78. The van der Waals surface area contributed by atoms with Gasteiger partial charge in [0, 0.05) is 0 Å². The molecule has 1 N–H and O–H groups in total. The van der Waals surface area contributed by atoms with Gasteiger partial charge in [0.2, 0.25) is 5.91 Å². The zero-order valence-corrected chi connectivity index (χ0v) is 15.7. The maximum Gasteiger partial charge on any atom is 0.264 e. The summed E-state index contributed by atoms with van der Waals surface area (Å²) in [4.78, 5) is 12.4. The van der Waals surface area contributed by atoms with Crippen molar-refractivity contribution in [2.24, 2.45) is 0 Å². The number of aromatic nitrogens is 2. The lowest BCUT2D eigenvalue weighted by Crippen LogP contribution is -2.32. The first-order valence-corrected chi connectivity index (χ1v) is 9.68. The van der Waals surface area contributed by atoms with Gasteiger partial charge in [-0.05, 0) is 49.4 Å². The number of ether oxygens (including phenoxy) is 1. The van der Waals surface area contributed by atoms with Crippen LogP contribution in [0.5, 0.6) is 5.75 Å². The monoisotopic (exact) mass is 385 g/mol. The number of sulfonamides is 1. The van der Waals surface area contributed by atoms with E-state index in [4.69, 9.17) is 4.74 Å². The van der Waals surface area contributed by atoms with Crippen LogP contribution < -0.4 is 9.46 Å². The maximum absolute atomic E-state index is 12.4. The van der Waals surface area contributed by atoms with Crippen LogP contribution in [0.1, 0.15) is 11.4 Å². The van der Waals surface area contributed by atoms with Crippen LogP contribution in [0.15, 0.2) is 65.6 Å². The summed E-state index contributed by atoms with van der Waals surface area (Å²) >= 11 is 0. The van der Waals surface area contributed by atoms with Crippen molar-refractivity contribution in [2.45, 2.75) is 18.2 Å². The van der Waals surface area contributed by atoms with Crippen LogP contribution in [0.3, 0.4) is 0 Å². The summed E-state index contributed by atoms with van der Waals surface area (Å²) in [6, 6.07) is 16.9. The number of aryl methyl sites for hydroxylation is 1. The van der Waals surface area contributed by atoms with Gasteiger partial charge in [-0.1, -0.05) is 18.2 Å². The number of methoxy groups -OCH3 is 1. The zero-order chi connectivity index (χ0) is 19.4. The minimum absolute atomic E-state index is 0.00982. The van der Waals surface area contributed by atoms with Gasteiger partial charge in [0.15, 0.2) is 0 Å². The lowest BCUT2D eigenvalue weighted by Gasteiger charge is -2.09. The van der Waals surface area contributed by atoms with E-state index in [1.54, 1.807) is 10.7 Å². The first-order valence-electron chi connectivity index (χ1n) is 8.20. The summed E-state index contributed by atoms with van der Waals surface area (Å²) in [5.74, 6) is -0.106. The number of rotatable bonds is 6. The van der Waals surface area contributed by atoms with E-state index in [9.17, 15) is 13.2 Å². The van der Waals surface area contributed by atoms with Gasteiger partial charge >= 0.3 is 0 Å². The Labute approximate surface area is 157 Å². The Kier molecular flexibility index (Phi) is 5.27. The van der Waals surface area contributed by atoms with E-state index in [1.807, 2.05) is 37.3 Å². The molecule has 0 aliphatic heterocycles. The second kappa shape index (κ2) is 7.63. The SMILES string of the molecule is COc1ccc(S(=O)(=O)NC(=O)Cc2cc(C)nn2-c2ccccc2)cc1. The lowest BCUT2D eigenvalue weighted by atomic mass is 10.2. The number of hydrogen-bond acceptors (Lipinski definition) is 5. The predicted octanol–water partition coefficient (Wildman–Crippen LogP) is 2.24. The van der Waals surface area contributed by atoms with Crippen LogP contribution in [0.4, 0.5) is 0 Å². The Morgan fingerprint density at radius 1 is 1.11 bits per heavy atom. The molecule has 7 nitrogen and oxygen atoms in total. The van der Waals surface area contributed by atoms with Crippen LogP contribution >= 0.6 is 0 Å². The third kappa shape index (κ3) is 4.35. The molecule has 1 amide bonds. The minimum atomic E-state index is -3.96. The van der Waals surface area contributed by atoms with Crippen molar-refractivity contribution in [2.75, 3.05) is 7.11 Å². The number of carbonyl (C=O) groups is 1. The van der Waals surface area contributed by atoms with E-state index >= 15 is 0 Å². The molecule has 0 unspecified atom stereocenters. The normalized spacial score (nSPS) is 11.2. The largest absolute Gasteiger partial charge is 0.497 e.